The van der Waals surface area contributed by atoms with Crippen molar-refractivity contribution in [2.24, 2.45) is 4.99 Å². The highest BCUT2D eigenvalue weighted by Crippen LogP contribution is 2.43. The fourth-order valence-corrected chi connectivity index (χ4v) is 4.08. The monoisotopic (exact) mass is 470 g/mol. The summed E-state index contributed by atoms with van der Waals surface area (Å²) in [4.78, 5) is 10.2. The molecule has 1 aliphatic carbocycles. The molecule has 1 heterocycles. The van der Waals surface area contributed by atoms with Gasteiger partial charge >= 0.3 is 0 Å². The Balaban J connectivity index is 0.00000225. The average Bonchev–Trinajstić information content (AvgIpc) is 2.88. The number of aryl methyl sites for hydroxylation is 2. The number of thiazole rings is 1. The van der Waals surface area contributed by atoms with E-state index in [1.807, 2.05) is 7.05 Å². The number of guanidine groups is 1. The Kier molecular flexibility index (Phi) is 7.25. The second kappa shape index (κ2) is 8.98. The van der Waals surface area contributed by atoms with Crippen molar-refractivity contribution in [1.29, 1.82) is 0 Å². The van der Waals surface area contributed by atoms with Crippen LogP contribution in [0.1, 0.15) is 40.4 Å². The van der Waals surface area contributed by atoms with E-state index in [1.165, 1.54) is 29.7 Å². The van der Waals surface area contributed by atoms with E-state index in [-0.39, 0.29) is 29.4 Å². The van der Waals surface area contributed by atoms with E-state index in [0.717, 1.165) is 29.8 Å². The maximum absolute atomic E-state index is 4.57. The van der Waals surface area contributed by atoms with Crippen LogP contribution in [0.5, 0.6) is 0 Å². The van der Waals surface area contributed by atoms with Gasteiger partial charge in [0.25, 0.3) is 0 Å². The predicted molar refractivity (Wildman–Crippen MR) is 117 cm³/mol. The highest BCUT2D eigenvalue weighted by Gasteiger charge is 2.38. The summed E-state index contributed by atoms with van der Waals surface area (Å²) in [6.07, 6.45) is 3.79. The molecule has 4 nitrogen and oxygen atoms in total. The largest absolute Gasteiger partial charge is 0.356 e. The minimum absolute atomic E-state index is 0. The molecule has 0 atom stereocenters. The van der Waals surface area contributed by atoms with Crippen LogP contribution in [0.15, 0.2) is 35.3 Å². The lowest BCUT2D eigenvalue weighted by molar-refractivity contribution is 0.244. The summed E-state index contributed by atoms with van der Waals surface area (Å²) in [7, 11) is 1.82. The third-order valence-corrected chi connectivity index (χ3v) is 6.07. The van der Waals surface area contributed by atoms with Crippen LogP contribution in [0.25, 0.3) is 0 Å². The molecule has 1 fully saturated rings. The molecule has 1 aliphatic rings. The molecular formula is C19H27IN4S. The lowest BCUT2D eigenvalue weighted by Gasteiger charge is -2.43. The van der Waals surface area contributed by atoms with Crippen molar-refractivity contribution < 1.29 is 0 Å². The molecule has 0 spiro atoms. The maximum atomic E-state index is 4.57. The number of aliphatic imine (C=N–C) groups is 1. The molecule has 6 heteroatoms. The Hall–Kier alpha value is -1.15. The molecule has 1 aromatic heterocycles. The Labute approximate surface area is 171 Å². The fraction of sp³-hybridized carbons (Fsp3) is 0.474. The van der Waals surface area contributed by atoms with Gasteiger partial charge in [-0.15, -0.1) is 35.3 Å². The van der Waals surface area contributed by atoms with Crippen molar-refractivity contribution >= 4 is 41.3 Å². The molecular weight excluding hydrogens is 443 g/mol. The minimum Gasteiger partial charge on any atom is -0.356 e. The van der Waals surface area contributed by atoms with Crippen molar-refractivity contribution in [3.63, 3.8) is 0 Å². The second-order valence-electron chi connectivity index (χ2n) is 6.53. The van der Waals surface area contributed by atoms with Gasteiger partial charge in [0, 0.05) is 23.9 Å². The topological polar surface area (TPSA) is 49.3 Å². The summed E-state index contributed by atoms with van der Waals surface area (Å²) in [6.45, 7) is 5.82. The molecule has 2 aromatic rings. The molecule has 3 rings (SSSR count). The molecule has 0 amide bonds. The van der Waals surface area contributed by atoms with Gasteiger partial charge in [-0.1, -0.05) is 36.8 Å². The smallest absolute Gasteiger partial charge is 0.191 e. The molecule has 1 saturated carbocycles. The third kappa shape index (κ3) is 4.73. The minimum atomic E-state index is 0. The number of nitrogens with zero attached hydrogens (tertiary/aromatic N) is 2. The van der Waals surface area contributed by atoms with E-state index >= 15 is 0 Å². The van der Waals surface area contributed by atoms with Gasteiger partial charge in [-0.2, -0.15) is 0 Å². The first-order chi connectivity index (χ1) is 11.6. The van der Waals surface area contributed by atoms with E-state index in [4.69, 9.17) is 0 Å². The van der Waals surface area contributed by atoms with Crippen LogP contribution in [0.3, 0.4) is 0 Å². The van der Waals surface area contributed by atoms with Crippen molar-refractivity contribution in [3.05, 3.63) is 51.5 Å². The molecule has 2 N–H and O–H groups in total. The SMILES string of the molecule is CN=C(NCc1nc(C)c(C)s1)NCC1(c2ccccc2)CCC1.I. The lowest BCUT2D eigenvalue weighted by atomic mass is 9.64. The summed E-state index contributed by atoms with van der Waals surface area (Å²) < 4.78 is 0. The summed E-state index contributed by atoms with van der Waals surface area (Å²) in [5.74, 6) is 0.850. The third-order valence-electron chi connectivity index (χ3n) is 4.99. The van der Waals surface area contributed by atoms with E-state index in [0.29, 0.717) is 0 Å². The first-order valence-corrected chi connectivity index (χ1v) is 9.37. The zero-order chi connectivity index (χ0) is 17.0. The summed E-state index contributed by atoms with van der Waals surface area (Å²) in [5.41, 5.74) is 2.82. The Morgan fingerprint density at radius 2 is 1.92 bits per heavy atom. The standard InChI is InChI=1S/C19H26N4S.HI/c1-14-15(2)24-17(23-14)12-21-18(20-3)22-13-19(10-7-11-19)16-8-5-4-6-9-16;/h4-6,8-9H,7,10-13H2,1-3H3,(H2,20,21,22);1H. The molecule has 0 bridgehead atoms. The summed E-state index contributed by atoms with van der Waals surface area (Å²) in [5, 5.41) is 8.01. The molecule has 0 saturated heterocycles. The first-order valence-electron chi connectivity index (χ1n) is 8.56. The zero-order valence-electron chi connectivity index (χ0n) is 15.1. The second-order valence-corrected chi connectivity index (χ2v) is 7.82. The fourth-order valence-electron chi connectivity index (χ4n) is 3.21. The van der Waals surface area contributed by atoms with Gasteiger partial charge in [0.05, 0.1) is 12.2 Å². The highest BCUT2D eigenvalue weighted by atomic mass is 127. The maximum Gasteiger partial charge on any atom is 0.191 e. The van der Waals surface area contributed by atoms with Gasteiger partial charge in [-0.25, -0.2) is 4.98 Å². The van der Waals surface area contributed by atoms with Gasteiger partial charge in [0.15, 0.2) is 5.96 Å². The summed E-state index contributed by atoms with van der Waals surface area (Å²) in [6, 6.07) is 10.9. The quantitative estimate of drug-likeness (QED) is 0.392. The molecule has 25 heavy (non-hydrogen) atoms. The predicted octanol–water partition coefficient (Wildman–Crippen LogP) is 4.16. The van der Waals surface area contributed by atoms with Crippen molar-refractivity contribution in [2.45, 2.75) is 45.1 Å². The van der Waals surface area contributed by atoms with E-state index in [1.54, 1.807) is 11.3 Å². The number of hydrogen-bond acceptors (Lipinski definition) is 3. The number of aromatic nitrogens is 1. The number of halogens is 1. The number of hydrogen-bond donors (Lipinski definition) is 2. The molecule has 136 valence electrons. The van der Waals surface area contributed by atoms with Crippen LogP contribution in [0.2, 0.25) is 0 Å². The Morgan fingerprint density at radius 1 is 1.20 bits per heavy atom. The van der Waals surface area contributed by atoms with Crippen molar-refractivity contribution in [3.8, 4) is 0 Å². The van der Waals surface area contributed by atoms with Crippen LogP contribution in [0.4, 0.5) is 0 Å². The highest BCUT2D eigenvalue weighted by molar-refractivity contribution is 14.0. The first kappa shape index (κ1) is 20.2. The van der Waals surface area contributed by atoms with E-state index in [9.17, 15) is 0 Å². The number of nitrogens with one attached hydrogen (secondary N) is 2. The molecule has 1 aromatic carbocycles. The van der Waals surface area contributed by atoms with Crippen LogP contribution >= 0.6 is 35.3 Å². The number of rotatable bonds is 5. The molecule has 0 aliphatic heterocycles. The van der Waals surface area contributed by atoms with E-state index in [2.05, 4.69) is 64.8 Å². The lowest BCUT2D eigenvalue weighted by Crippen LogP contribution is -2.48. The van der Waals surface area contributed by atoms with Crippen molar-refractivity contribution in [2.75, 3.05) is 13.6 Å². The average molecular weight is 470 g/mol. The van der Waals surface area contributed by atoms with Crippen molar-refractivity contribution in [1.82, 2.24) is 15.6 Å². The van der Waals surface area contributed by atoms with Crippen LogP contribution < -0.4 is 10.6 Å². The summed E-state index contributed by atoms with van der Waals surface area (Å²) >= 11 is 1.75. The number of benzene rings is 1. The molecule has 0 radical (unpaired) electrons. The van der Waals surface area contributed by atoms with Crippen LogP contribution in [-0.2, 0) is 12.0 Å². The molecule has 0 unspecified atom stereocenters. The zero-order valence-corrected chi connectivity index (χ0v) is 18.3. The normalized spacial score (nSPS) is 15.9. The van der Waals surface area contributed by atoms with Gasteiger partial charge in [0.2, 0.25) is 0 Å². The Morgan fingerprint density at radius 3 is 2.44 bits per heavy atom. The van der Waals surface area contributed by atoms with Gasteiger partial charge in [-0.05, 0) is 32.3 Å². The van der Waals surface area contributed by atoms with Gasteiger partial charge in [0.1, 0.15) is 5.01 Å². The van der Waals surface area contributed by atoms with Gasteiger partial charge in [-0.3, -0.25) is 4.99 Å². The van der Waals surface area contributed by atoms with Gasteiger partial charge < -0.3 is 10.6 Å². The Bertz CT molecular complexity index is 688. The van der Waals surface area contributed by atoms with Crippen LogP contribution in [-0.4, -0.2) is 24.5 Å². The van der Waals surface area contributed by atoms with Crippen LogP contribution in [0, 0.1) is 13.8 Å². The van der Waals surface area contributed by atoms with E-state index < -0.39 is 0 Å².